The average Bonchev–Trinajstić information content (AvgIpc) is 2.85. The smallest absolute Gasteiger partial charge is 0.313 e. The number of carbonyl (C=O) groups excluding carboxylic acids is 2. The third-order valence-electron chi connectivity index (χ3n) is 4.47. The van der Waals surface area contributed by atoms with Gasteiger partial charge in [0.25, 0.3) is 0 Å². The van der Waals surface area contributed by atoms with Gasteiger partial charge >= 0.3 is 11.8 Å². The number of nitrogens with one attached hydrogen (secondary N) is 2. The molecule has 2 atom stereocenters. The van der Waals surface area contributed by atoms with E-state index in [2.05, 4.69) is 10.6 Å². The van der Waals surface area contributed by atoms with Gasteiger partial charge in [-0.05, 0) is 31.9 Å². The number of benzene rings is 1. The highest BCUT2D eigenvalue weighted by atomic mass is 19.1. The van der Waals surface area contributed by atoms with Crippen molar-refractivity contribution in [3.63, 3.8) is 0 Å². The Morgan fingerprint density at radius 1 is 1.41 bits per heavy atom. The third kappa shape index (κ3) is 3.27. The molecule has 5 nitrogen and oxygen atoms in total. The molecule has 3 N–H and O–H groups in total. The summed E-state index contributed by atoms with van der Waals surface area (Å²) in [7, 11) is 0. The summed E-state index contributed by atoms with van der Waals surface area (Å²) in [6.07, 6.45) is 2.43. The molecule has 0 aliphatic heterocycles. The molecular formula is C16H21FN2O3. The van der Waals surface area contributed by atoms with Crippen LogP contribution in [-0.2, 0) is 9.59 Å². The average molecular weight is 308 g/mol. The fourth-order valence-electron chi connectivity index (χ4n) is 2.81. The molecule has 22 heavy (non-hydrogen) atoms. The quantitative estimate of drug-likeness (QED) is 0.744. The van der Waals surface area contributed by atoms with Gasteiger partial charge in [-0.3, -0.25) is 9.59 Å². The van der Waals surface area contributed by atoms with Crippen LogP contribution in [-0.4, -0.2) is 29.6 Å². The number of hydrogen-bond acceptors (Lipinski definition) is 3. The lowest BCUT2D eigenvalue weighted by Gasteiger charge is -2.29. The molecule has 0 bridgehead atoms. The minimum atomic E-state index is -0.833. The first-order chi connectivity index (χ1) is 10.4. The van der Waals surface area contributed by atoms with Crippen LogP contribution in [0, 0.1) is 18.2 Å². The maximum absolute atomic E-state index is 13.4. The van der Waals surface area contributed by atoms with E-state index in [1.807, 2.05) is 6.92 Å². The van der Waals surface area contributed by atoms with Crippen molar-refractivity contribution in [3.05, 3.63) is 29.6 Å². The van der Waals surface area contributed by atoms with Crippen LogP contribution in [0.5, 0.6) is 0 Å². The summed E-state index contributed by atoms with van der Waals surface area (Å²) in [4.78, 5) is 24.0. The zero-order valence-corrected chi connectivity index (χ0v) is 12.8. The van der Waals surface area contributed by atoms with Crippen molar-refractivity contribution in [2.45, 2.75) is 39.2 Å². The zero-order valence-electron chi connectivity index (χ0n) is 12.8. The number of amides is 2. The number of aliphatic hydroxyl groups excluding tert-OH is 1. The van der Waals surface area contributed by atoms with Crippen molar-refractivity contribution in [2.75, 3.05) is 11.9 Å². The van der Waals surface area contributed by atoms with Gasteiger partial charge in [0.1, 0.15) is 5.82 Å². The molecule has 1 aromatic rings. The lowest BCUT2D eigenvalue weighted by Crippen LogP contribution is -2.48. The molecule has 0 aromatic heterocycles. The fourth-order valence-corrected chi connectivity index (χ4v) is 2.81. The molecular weight excluding hydrogens is 287 g/mol. The normalized spacial score (nSPS) is 24.1. The highest BCUT2D eigenvalue weighted by molar-refractivity contribution is 6.39. The van der Waals surface area contributed by atoms with Crippen LogP contribution in [0.25, 0.3) is 0 Å². The second kappa shape index (κ2) is 6.44. The van der Waals surface area contributed by atoms with E-state index in [4.69, 9.17) is 0 Å². The van der Waals surface area contributed by atoms with Gasteiger partial charge in [0.05, 0.1) is 6.61 Å². The molecule has 0 heterocycles. The van der Waals surface area contributed by atoms with Crippen molar-refractivity contribution < 1.29 is 19.1 Å². The molecule has 2 amide bonds. The minimum absolute atomic E-state index is 0.0391. The first kappa shape index (κ1) is 16.4. The number of anilines is 1. The predicted octanol–water partition coefficient (Wildman–Crippen LogP) is 1.74. The molecule has 1 aliphatic rings. The van der Waals surface area contributed by atoms with E-state index in [-0.39, 0.29) is 23.9 Å². The summed E-state index contributed by atoms with van der Waals surface area (Å²) in [5.74, 6) is -2.04. The van der Waals surface area contributed by atoms with Crippen molar-refractivity contribution in [1.82, 2.24) is 5.32 Å². The number of hydrogen-bond donors (Lipinski definition) is 3. The number of aliphatic hydroxyl groups is 1. The van der Waals surface area contributed by atoms with Crippen LogP contribution in [0.1, 0.15) is 31.7 Å². The van der Waals surface area contributed by atoms with Crippen LogP contribution in [0.3, 0.4) is 0 Å². The standard InChI is InChI=1S/C16H21FN2O3/c1-10-11(17)5-3-6-12(10)18-14(21)15(22)19-13-7-4-8-16(13,2)9-20/h3,5-6,13,20H,4,7-9H2,1-2H3,(H,18,21)(H,19,22). The summed E-state index contributed by atoms with van der Waals surface area (Å²) in [5.41, 5.74) is 0.159. The van der Waals surface area contributed by atoms with E-state index >= 15 is 0 Å². The molecule has 1 aromatic carbocycles. The van der Waals surface area contributed by atoms with Gasteiger partial charge in [-0.15, -0.1) is 0 Å². The van der Waals surface area contributed by atoms with Gasteiger partial charge in [0, 0.05) is 22.7 Å². The Morgan fingerprint density at radius 2 is 2.14 bits per heavy atom. The lowest BCUT2D eigenvalue weighted by molar-refractivity contribution is -0.137. The summed E-state index contributed by atoms with van der Waals surface area (Å²) in [5, 5.41) is 14.5. The van der Waals surface area contributed by atoms with Crippen molar-refractivity contribution in [3.8, 4) is 0 Å². The van der Waals surface area contributed by atoms with E-state index in [1.165, 1.54) is 25.1 Å². The van der Waals surface area contributed by atoms with Gasteiger partial charge in [0.2, 0.25) is 0 Å². The summed E-state index contributed by atoms with van der Waals surface area (Å²) in [6, 6.07) is 4.06. The Labute approximate surface area is 128 Å². The van der Waals surface area contributed by atoms with Gasteiger partial charge < -0.3 is 15.7 Å². The van der Waals surface area contributed by atoms with Crippen LogP contribution in [0.2, 0.25) is 0 Å². The Morgan fingerprint density at radius 3 is 2.82 bits per heavy atom. The molecule has 2 rings (SSSR count). The second-order valence-corrected chi connectivity index (χ2v) is 6.10. The summed E-state index contributed by atoms with van der Waals surface area (Å²) < 4.78 is 13.4. The monoisotopic (exact) mass is 308 g/mol. The Hall–Kier alpha value is -1.95. The van der Waals surface area contributed by atoms with Crippen molar-refractivity contribution in [2.24, 2.45) is 5.41 Å². The van der Waals surface area contributed by atoms with Crippen LogP contribution in [0.15, 0.2) is 18.2 Å². The Kier molecular flexibility index (Phi) is 4.81. The molecule has 2 unspecified atom stereocenters. The van der Waals surface area contributed by atoms with Crippen LogP contribution < -0.4 is 10.6 Å². The SMILES string of the molecule is Cc1c(F)cccc1NC(=O)C(=O)NC1CCCC1(C)CO. The topological polar surface area (TPSA) is 78.4 Å². The first-order valence-electron chi connectivity index (χ1n) is 7.35. The zero-order chi connectivity index (χ0) is 16.3. The third-order valence-corrected chi connectivity index (χ3v) is 4.47. The molecule has 120 valence electrons. The second-order valence-electron chi connectivity index (χ2n) is 6.10. The van der Waals surface area contributed by atoms with E-state index in [0.717, 1.165) is 19.3 Å². The molecule has 0 saturated heterocycles. The molecule has 0 spiro atoms. The number of carbonyl (C=O) groups is 2. The molecule has 6 heteroatoms. The highest BCUT2D eigenvalue weighted by Crippen LogP contribution is 2.37. The maximum atomic E-state index is 13.4. The van der Waals surface area contributed by atoms with Gasteiger partial charge in [-0.1, -0.05) is 19.4 Å². The molecule has 1 saturated carbocycles. The molecule has 0 radical (unpaired) electrons. The van der Waals surface area contributed by atoms with Gasteiger partial charge in [-0.25, -0.2) is 4.39 Å². The van der Waals surface area contributed by atoms with Gasteiger partial charge in [0.15, 0.2) is 0 Å². The van der Waals surface area contributed by atoms with Gasteiger partial charge in [-0.2, -0.15) is 0 Å². The number of halogens is 1. The minimum Gasteiger partial charge on any atom is -0.396 e. The maximum Gasteiger partial charge on any atom is 0.313 e. The van der Waals surface area contributed by atoms with E-state index < -0.39 is 23.0 Å². The largest absolute Gasteiger partial charge is 0.396 e. The van der Waals surface area contributed by atoms with E-state index in [9.17, 15) is 19.1 Å². The van der Waals surface area contributed by atoms with Crippen molar-refractivity contribution in [1.29, 1.82) is 0 Å². The first-order valence-corrected chi connectivity index (χ1v) is 7.35. The summed E-state index contributed by atoms with van der Waals surface area (Å²) in [6.45, 7) is 3.38. The Balaban J connectivity index is 2.01. The molecule has 1 aliphatic carbocycles. The number of rotatable bonds is 3. The molecule has 1 fully saturated rings. The Bertz CT molecular complexity index is 591. The lowest BCUT2D eigenvalue weighted by atomic mass is 9.86. The fraction of sp³-hybridized carbons (Fsp3) is 0.500. The van der Waals surface area contributed by atoms with Crippen LogP contribution >= 0.6 is 0 Å². The summed E-state index contributed by atoms with van der Waals surface area (Å²) >= 11 is 0. The van der Waals surface area contributed by atoms with E-state index in [1.54, 1.807) is 0 Å². The highest BCUT2D eigenvalue weighted by Gasteiger charge is 2.39. The van der Waals surface area contributed by atoms with E-state index in [0.29, 0.717) is 0 Å². The predicted molar refractivity (Wildman–Crippen MR) is 80.7 cm³/mol. The van der Waals surface area contributed by atoms with Crippen molar-refractivity contribution >= 4 is 17.5 Å². The van der Waals surface area contributed by atoms with Crippen LogP contribution in [0.4, 0.5) is 10.1 Å².